The highest BCUT2D eigenvalue weighted by atomic mass is 19.4. The molecule has 0 radical (unpaired) electrons. The SMILES string of the molecule is CC(C(N)=O)N(CC(F)(F)F)c1ccc(C#N)c(C#N)c1. The molecular formula is C13H11F3N4O. The van der Waals surface area contributed by atoms with Crippen LogP contribution < -0.4 is 10.6 Å². The molecule has 0 spiro atoms. The van der Waals surface area contributed by atoms with Crippen molar-refractivity contribution in [3.8, 4) is 12.1 Å². The summed E-state index contributed by atoms with van der Waals surface area (Å²) in [6, 6.07) is 5.86. The van der Waals surface area contributed by atoms with Gasteiger partial charge in [-0.05, 0) is 25.1 Å². The lowest BCUT2D eigenvalue weighted by atomic mass is 10.1. The normalized spacial score (nSPS) is 12.1. The van der Waals surface area contributed by atoms with Crippen molar-refractivity contribution < 1.29 is 18.0 Å². The largest absolute Gasteiger partial charge is 0.405 e. The fourth-order valence-corrected chi connectivity index (χ4v) is 1.70. The minimum absolute atomic E-state index is 0.00539. The van der Waals surface area contributed by atoms with Gasteiger partial charge in [0.1, 0.15) is 24.7 Å². The highest BCUT2D eigenvalue weighted by molar-refractivity contribution is 5.83. The van der Waals surface area contributed by atoms with Crippen LogP contribution in [-0.2, 0) is 4.79 Å². The van der Waals surface area contributed by atoms with Crippen molar-refractivity contribution >= 4 is 11.6 Å². The van der Waals surface area contributed by atoms with Crippen LogP contribution in [0.4, 0.5) is 18.9 Å². The summed E-state index contributed by atoms with van der Waals surface area (Å²) < 4.78 is 37.9. The molecule has 0 aliphatic carbocycles. The fraction of sp³-hybridized carbons (Fsp3) is 0.308. The predicted octanol–water partition coefficient (Wildman–Crippen LogP) is 1.67. The van der Waals surface area contributed by atoms with Crippen molar-refractivity contribution in [2.45, 2.75) is 19.1 Å². The second-order valence-electron chi connectivity index (χ2n) is 4.27. The van der Waals surface area contributed by atoms with Gasteiger partial charge in [-0.25, -0.2) is 0 Å². The van der Waals surface area contributed by atoms with Gasteiger partial charge in [0.25, 0.3) is 0 Å². The molecule has 0 bridgehead atoms. The van der Waals surface area contributed by atoms with E-state index in [-0.39, 0.29) is 16.8 Å². The van der Waals surface area contributed by atoms with Crippen molar-refractivity contribution in [3.05, 3.63) is 29.3 Å². The van der Waals surface area contributed by atoms with Gasteiger partial charge in [-0.15, -0.1) is 0 Å². The van der Waals surface area contributed by atoms with Crippen LogP contribution in [0.5, 0.6) is 0 Å². The molecule has 0 saturated heterocycles. The van der Waals surface area contributed by atoms with Crippen LogP contribution in [0.3, 0.4) is 0 Å². The Morgan fingerprint density at radius 1 is 1.33 bits per heavy atom. The molecular weight excluding hydrogens is 285 g/mol. The van der Waals surface area contributed by atoms with Crippen molar-refractivity contribution in [2.24, 2.45) is 5.73 Å². The van der Waals surface area contributed by atoms with Gasteiger partial charge in [0.05, 0.1) is 11.1 Å². The molecule has 1 unspecified atom stereocenters. The smallest absolute Gasteiger partial charge is 0.368 e. The third kappa shape index (κ3) is 4.11. The summed E-state index contributed by atoms with van der Waals surface area (Å²) in [7, 11) is 0. The molecule has 0 aliphatic rings. The Hall–Kier alpha value is -2.74. The summed E-state index contributed by atoms with van der Waals surface area (Å²) in [4.78, 5) is 11.9. The molecule has 110 valence electrons. The fourth-order valence-electron chi connectivity index (χ4n) is 1.70. The Labute approximate surface area is 119 Å². The molecule has 0 saturated carbocycles. The van der Waals surface area contributed by atoms with Crippen molar-refractivity contribution in [1.29, 1.82) is 10.5 Å². The molecule has 1 aromatic carbocycles. The molecule has 1 rings (SSSR count). The number of carbonyl (C=O) groups excluding carboxylic acids is 1. The van der Waals surface area contributed by atoms with Crippen LogP contribution in [0.1, 0.15) is 18.1 Å². The van der Waals surface area contributed by atoms with E-state index in [9.17, 15) is 18.0 Å². The minimum atomic E-state index is -4.55. The number of nitriles is 2. The maximum absolute atomic E-state index is 12.6. The highest BCUT2D eigenvalue weighted by Crippen LogP contribution is 2.26. The monoisotopic (exact) mass is 296 g/mol. The maximum atomic E-state index is 12.6. The quantitative estimate of drug-likeness (QED) is 0.914. The highest BCUT2D eigenvalue weighted by Gasteiger charge is 2.34. The molecule has 8 heteroatoms. The molecule has 2 N–H and O–H groups in total. The minimum Gasteiger partial charge on any atom is -0.368 e. The zero-order chi connectivity index (χ0) is 16.2. The number of anilines is 1. The summed E-state index contributed by atoms with van der Waals surface area (Å²) in [5, 5.41) is 17.7. The van der Waals surface area contributed by atoms with Gasteiger partial charge < -0.3 is 10.6 Å². The van der Waals surface area contributed by atoms with E-state index < -0.39 is 24.7 Å². The predicted molar refractivity (Wildman–Crippen MR) is 67.9 cm³/mol. The Bertz CT molecular complexity index is 628. The first-order valence-corrected chi connectivity index (χ1v) is 5.76. The Kier molecular flexibility index (Phi) is 4.77. The molecule has 21 heavy (non-hydrogen) atoms. The van der Waals surface area contributed by atoms with Crippen LogP contribution in [0, 0.1) is 22.7 Å². The Balaban J connectivity index is 3.30. The zero-order valence-corrected chi connectivity index (χ0v) is 11.0. The van der Waals surface area contributed by atoms with Crippen molar-refractivity contribution in [3.63, 3.8) is 0 Å². The van der Waals surface area contributed by atoms with Crippen molar-refractivity contribution in [2.75, 3.05) is 11.4 Å². The third-order valence-corrected chi connectivity index (χ3v) is 2.80. The Morgan fingerprint density at radius 2 is 1.90 bits per heavy atom. The van der Waals surface area contributed by atoms with Gasteiger partial charge in [-0.1, -0.05) is 0 Å². The van der Waals surface area contributed by atoms with Crippen LogP contribution in [0.15, 0.2) is 18.2 Å². The van der Waals surface area contributed by atoms with Crippen molar-refractivity contribution in [1.82, 2.24) is 0 Å². The van der Waals surface area contributed by atoms with Gasteiger partial charge in [0, 0.05) is 5.69 Å². The average Bonchev–Trinajstić information content (AvgIpc) is 2.42. The first-order chi connectivity index (χ1) is 9.69. The molecule has 1 amide bonds. The number of halogens is 3. The lowest BCUT2D eigenvalue weighted by molar-refractivity contribution is -0.125. The number of primary amides is 1. The first kappa shape index (κ1) is 16.3. The number of rotatable bonds is 4. The van der Waals surface area contributed by atoms with E-state index in [1.54, 1.807) is 12.1 Å². The van der Waals surface area contributed by atoms with E-state index in [0.29, 0.717) is 0 Å². The van der Waals surface area contributed by atoms with Gasteiger partial charge in [0.15, 0.2) is 0 Å². The maximum Gasteiger partial charge on any atom is 0.405 e. The number of nitrogens with zero attached hydrogens (tertiary/aromatic N) is 3. The zero-order valence-electron chi connectivity index (χ0n) is 11.0. The number of hydrogen-bond acceptors (Lipinski definition) is 4. The summed E-state index contributed by atoms with van der Waals surface area (Å²) in [5.74, 6) is -0.929. The lowest BCUT2D eigenvalue weighted by Crippen LogP contribution is -2.47. The van der Waals surface area contributed by atoms with Gasteiger partial charge in [0.2, 0.25) is 5.91 Å². The molecule has 1 atom stereocenters. The number of hydrogen-bond donors (Lipinski definition) is 1. The van der Waals surface area contributed by atoms with Gasteiger partial charge in [-0.2, -0.15) is 23.7 Å². The molecule has 0 fully saturated rings. The summed E-state index contributed by atoms with van der Waals surface area (Å²) in [6.45, 7) is -0.161. The first-order valence-electron chi connectivity index (χ1n) is 5.76. The van der Waals surface area contributed by atoms with E-state index >= 15 is 0 Å². The summed E-state index contributed by atoms with van der Waals surface area (Å²) in [5.41, 5.74) is 5.02. The summed E-state index contributed by atoms with van der Waals surface area (Å²) in [6.07, 6.45) is -4.55. The number of benzene rings is 1. The molecule has 0 aliphatic heterocycles. The lowest BCUT2D eigenvalue weighted by Gasteiger charge is -2.30. The standard InChI is InChI=1S/C13H11F3N4O/c1-8(12(19)21)20(7-13(14,15)16)11-3-2-9(5-17)10(4-11)6-18/h2-4,8H,7H2,1H3,(H2,19,21). The van der Waals surface area contributed by atoms with Crippen LogP contribution in [-0.4, -0.2) is 24.7 Å². The van der Waals surface area contributed by atoms with Gasteiger partial charge in [-0.3, -0.25) is 4.79 Å². The van der Waals surface area contributed by atoms with E-state index in [0.717, 1.165) is 11.0 Å². The van der Waals surface area contributed by atoms with Crippen LogP contribution in [0.25, 0.3) is 0 Å². The van der Waals surface area contributed by atoms with E-state index in [1.165, 1.54) is 19.1 Å². The molecule has 0 heterocycles. The third-order valence-electron chi connectivity index (χ3n) is 2.80. The van der Waals surface area contributed by atoms with Crippen LogP contribution in [0.2, 0.25) is 0 Å². The Morgan fingerprint density at radius 3 is 2.33 bits per heavy atom. The van der Waals surface area contributed by atoms with Crippen LogP contribution >= 0.6 is 0 Å². The number of amides is 1. The molecule has 1 aromatic rings. The van der Waals surface area contributed by atoms with E-state index in [2.05, 4.69) is 0 Å². The van der Waals surface area contributed by atoms with E-state index in [1.807, 2.05) is 0 Å². The number of nitrogens with two attached hydrogens (primary N) is 1. The van der Waals surface area contributed by atoms with Gasteiger partial charge >= 0.3 is 6.18 Å². The van der Waals surface area contributed by atoms with E-state index in [4.69, 9.17) is 16.3 Å². The number of carbonyl (C=O) groups is 1. The summed E-state index contributed by atoms with van der Waals surface area (Å²) >= 11 is 0. The average molecular weight is 296 g/mol. The topological polar surface area (TPSA) is 93.9 Å². The second kappa shape index (κ2) is 6.14. The number of alkyl halides is 3. The second-order valence-corrected chi connectivity index (χ2v) is 4.27. The molecule has 0 aromatic heterocycles. The molecule has 5 nitrogen and oxygen atoms in total.